The lowest BCUT2D eigenvalue weighted by molar-refractivity contribution is 0.332. The Morgan fingerprint density at radius 1 is 0.360 bits per heavy atom. The number of aryl methyl sites for hydroxylation is 3. The van der Waals surface area contributed by atoms with Crippen molar-refractivity contribution in [3.63, 3.8) is 0 Å². The minimum Gasteiger partial charge on any atom is -0.311 e. The van der Waals surface area contributed by atoms with Crippen molar-refractivity contribution >= 4 is 106 Å². The fraction of sp³-hybridized carbons (Fsp3) is 0.333. The first kappa shape index (κ1) is 55.3. The summed E-state index contributed by atoms with van der Waals surface area (Å²) in [6.07, 6.45) is 7.00. The summed E-state index contributed by atoms with van der Waals surface area (Å²) >= 11 is 2.04. The van der Waals surface area contributed by atoms with Gasteiger partial charge in [-0.2, -0.15) is 0 Å². The Morgan fingerprint density at radius 2 is 0.802 bits per heavy atom. The van der Waals surface area contributed by atoms with Crippen LogP contribution in [0.5, 0.6) is 0 Å². The molecule has 432 valence electrons. The van der Waals surface area contributed by atoms with Crippen molar-refractivity contribution < 1.29 is 0 Å². The standard InChI is InChI=1S/C81H84BN3S/c1-49-24-22-23-29-56(49)52-30-32-66-65(42-52)82-73-70(84(66)68-46-62-59(40-50(68)2)76(4,5)34-37-79(62,10)11)43-55(83(53-25-18-16-19-26-53)54-27-20-17-21-28-54)44-71(73)85(69-47-63-60(41-51(69)3)77(6,7)35-38-80(63,12)13)67-33-31-57-58-45-61-64(48-72(58)86-75(57)74(67)82)81(14,15)39-36-78(61,8)9/h16-33,40-48H,34-39H2,1-15H3. The first-order valence-electron chi connectivity index (χ1n) is 32.1. The summed E-state index contributed by atoms with van der Waals surface area (Å²) in [6.45, 7) is 36.7. The van der Waals surface area contributed by atoms with E-state index in [1.807, 2.05) is 11.3 Å². The molecular formula is C81H84BN3S. The van der Waals surface area contributed by atoms with Crippen LogP contribution in [0.2, 0.25) is 0 Å². The normalized spacial score (nSPS) is 18.6. The zero-order valence-electron chi connectivity index (χ0n) is 53.7. The first-order chi connectivity index (χ1) is 40.8. The Labute approximate surface area is 517 Å². The van der Waals surface area contributed by atoms with Gasteiger partial charge < -0.3 is 14.7 Å². The molecule has 2 aliphatic heterocycles. The number of hydrogen-bond acceptors (Lipinski definition) is 4. The van der Waals surface area contributed by atoms with E-state index in [1.54, 1.807) is 0 Å². The predicted octanol–water partition coefficient (Wildman–Crippen LogP) is 21.2. The average molecular weight is 1140 g/mol. The van der Waals surface area contributed by atoms with E-state index >= 15 is 0 Å². The fourth-order valence-electron chi connectivity index (χ4n) is 16.6. The molecule has 10 aromatic rings. The zero-order valence-corrected chi connectivity index (χ0v) is 54.5. The lowest BCUT2D eigenvalue weighted by atomic mass is 9.33. The number of anilines is 9. The molecule has 0 saturated heterocycles. The number of fused-ring (bicyclic) bond motifs is 11. The van der Waals surface area contributed by atoms with Gasteiger partial charge in [0, 0.05) is 60.3 Å². The van der Waals surface area contributed by atoms with E-state index in [2.05, 4.69) is 282 Å². The van der Waals surface area contributed by atoms with E-state index in [9.17, 15) is 0 Å². The van der Waals surface area contributed by atoms with Gasteiger partial charge in [-0.05, 0) is 248 Å². The third kappa shape index (κ3) is 8.25. The van der Waals surface area contributed by atoms with Crippen molar-refractivity contribution in [1.82, 2.24) is 0 Å². The van der Waals surface area contributed by atoms with Crippen LogP contribution in [-0.2, 0) is 32.5 Å². The number of benzene rings is 9. The molecule has 0 fully saturated rings. The van der Waals surface area contributed by atoms with Crippen molar-refractivity contribution in [2.24, 2.45) is 0 Å². The van der Waals surface area contributed by atoms with Gasteiger partial charge in [-0.1, -0.05) is 174 Å². The number of hydrogen-bond donors (Lipinski definition) is 0. The highest BCUT2D eigenvalue weighted by molar-refractivity contribution is 7.28. The van der Waals surface area contributed by atoms with Crippen molar-refractivity contribution in [3.05, 3.63) is 214 Å². The molecule has 0 bridgehead atoms. The van der Waals surface area contributed by atoms with E-state index in [4.69, 9.17) is 0 Å². The van der Waals surface area contributed by atoms with Gasteiger partial charge in [-0.3, -0.25) is 0 Å². The largest absolute Gasteiger partial charge is 0.311 e. The third-order valence-corrected chi connectivity index (χ3v) is 23.4. The Kier molecular flexibility index (Phi) is 12.1. The quantitative estimate of drug-likeness (QED) is 0.154. The zero-order chi connectivity index (χ0) is 59.9. The molecule has 1 aromatic heterocycles. The molecule has 0 spiro atoms. The summed E-state index contributed by atoms with van der Waals surface area (Å²) in [7, 11) is 0. The Hall–Kier alpha value is -7.34. The molecular weight excluding hydrogens is 1060 g/mol. The highest BCUT2D eigenvalue weighted by Crippen LogP contribution is 2.56. The van der Waals surface area contributed by atoms with Gasteiger partial charge in [0.1, 0.15) is 0 Å². The maximum absolute atomic E-state index is 2.76. The van der Waals surface area contributed by atoms with Crippen LogP contribution < -0.4 is 31.1 Å². The van der Waals surface area contributed by atoms with Crippen LogP contribution in [0.4, 0.5) is 51.2 Å². The number of rotatable bonds is 6. The molecule has 0 atom stereocenters. The van der Waals surface area contributed by atoms with E-state index in [-0.39, 0.29) is 39.2 Å². The Bertz CT molecular complexity index is 4420. The van der Waals surface area contributed by atoms with Gasteiger partial charge in [0.05, 0.1) is 5.69 Å². The van der Waals surface area contributed by atoms with Crippen LogP contribution in [0.3, 0.4) is 0 Å². The second-order valence-electron chi connectivity index (χ2n) is 30.6. The molecule has 0 amide bonds. The second kappa shape index (κ2) is 18.8. The van der Waals surface area contributed by atoms with E-state index < -0.39 is 0 Å². The lowest BCUT2D eigenvalue weighted by Crippen LogP contribution is -2.61. The molecule has 0 saturated carbocycles. The van der Waals surface area contributed by atoms with E-state index in [1.165, 1.54) is 158 Å². The molecule has 3 aliphatic carbocycles. The molecule has 15 rings (SSSR count). The monoisotopic (exact) mass is 1140 g/mol. The fourth-order valence-corrected chi connectivity index (χ4v) is 17.9. The van der Waals surface area contributed by atoms with Crippen molar-refractivity contribution in [1.29, 1.82) is 0 Å². The van der Waals surface area contributed by atoms with Crippen molar-refractivity contribution in [2.75, 3.05) is 14.7 Å². The predicted molar refractivity (Wildman–Crippen MR) is 374 cm³/mol. The Morgan fingerprint density at radius 3 is 1.31 bits per heavy atom. The molecule has 5 aliphatic rings. The van der Waals surface area contributed by atoms with Gasteiger partial charge in [0.25, 0.3) is 6.71 Å². The van der Waals surface area contributed by atoms with Crippen LogP contribution >= 0.6 is 11.3 Å². The minimum absolute atomic E-state index is 0.000327. The van der Waals surface area contributed by atoms with Gasteiger partial charge in [-0.25, -0.2) is 0 Å². The van der Waals surface area contributed by atoms with Crippen LogP contribution in [0.15, 0.2) is 164 Å². The van der Waals surface area contributed by atoms with E-state index in [0.717, 1.165) is 29.9 Å². The minimum atomic E-state index is -0.113. The first-order valence-corrected chi connectivity index (χ1v) is 32.9. The summed E-state index contributed by atoms with van der Waals surface area (Å²) in [6, 6.07) is 64.7. The summed E-state index contributed by atoms with van der Waals surface area (Å²) in [5.41, 5.74) is 30.7. The molecule has 5 heteroatoms. The highest BCUT2D eigenvalue weighted by atomic mass is 32.1. The maximum Gasteiger partial charge on any atom is 0.254 e. The average Bonchev–Trinajstić information content (AvgIpc) is 1.06. The Balaban J connectivity index is 1.13. The number of para-hydroxylation sites is 2. The second-order valence-corrected chi connectivity index (χ2v) is 31.7. The molecule has 9 aromatic carbocycles. The molecule has 3 heterocycles. The number of thiophene rings is 1. The molecule has 0 N–H and O–H groups in total. The van der Waals surface area contributed by atoms with Crippen molar-refractivity contribution in [3.8, 4) is 11.1 Å². The third-order valence-electron chi connectivity index (χ3n) is 22.2. The van der Waals surface area contributed by atoms with Gasteiger partial charge in [0.2, 0.25) is 0 Å². The maximum atomic E-state index is 2.76. The molecule has 86 heavy (non-hydrogen) atoms. The SMILES string of the molecule is Cc1ccccc1-c1ccc2c(c1)B1c3c(cc(N(c4ccccc4)c4ccccc4)cc3N(c3cc4c(cc3C)C(C)(C)CCC4(C)C)c3ccc4c(sc5cc6c(cc54)C(C)(C)CCC6(C)C)c31)N2c1cc2c(cc1C)C(C)(C)CCC2(C)C. The van der Waals surface area contributed by atoms with Crippen molar-refractivity contribution in [2.45, 2.75) is 175 Å². The molecule has 0 unspecified atom stereocenters. The summed E-state index contributed by atoms with van der Waals surface area (Å²) in [4.78, 5) is 8.00. The van der Waals surface area contributed by atoms with Crippen LogP contribution in [0.25, 0.3) is 31.3 Å². The van der Waals surface area contributed by atoms with Gasteiger partial charge >= 0.3 is 0 Å². The lowest BCUT2D eigenvalue weighted by Gasteiger charge is -2.47. The molecule has 3 nitrogen and oxygen atoms in total. The van der Waals surface area contributed by atoms with E-state index in [0.29, 0.717) is 0 Å². The van der Waals surface area contributed by atoms with Crippen LogP contribution in [0, 0.1) is 20.8 Å². The van der Waals surface area contributed by atoms with Crippen LogP contribution in [-0.4, -0.2) is 6.71 Å². The smallest absolute Gasteiger partial charge is 0.254 e. The van der Waals surface area contributed by atoms with Gasteiger partial charge in [0.15, 0.2) is 0 Å². The summed E-state index contributed by atoms with van der Waals surface area (Å²) in [5, 5.41) is 2.76. The summed E-state index contributed by atoms with van der Waals surface area (Å²) < 4.78 is 2.79. The molecule has 0 radical (unpaired) electrons. The van der Waals surface area contributed by atoms with Crippen LogP contribution in [0.1, 0.15) is 172 Å². The topological polar surface area (TPSA) is 9.72 Å². The number of nitrogens with zero attached hydrogens (tertiary/aromatic N) is 3. The highest BCUT2D eigenvalue weighted by Gasteiger charge is 2.48. The van der Waals surface area contributed by atoms with Gasteiger partial charge in [-0.15, -0.1) is 11.3 Å². The summed E-state index contributed by atoms with van der Waals surface area (Å²) in [5.74, 6) is 0.